The second-order valence-corrected chi connectivity index (χ2v) is 6.79. The van der Waals surface area contributed by atoms with Crippen LogP contribution in [0.25, 0.3) is 17.1 Å². The van der Waals surface area contributed by atoms with Gasteiger partial charge in [-0.1, -0.05) is 48.5 Å². The van der Waals surface area contributed by atoms with E-state index in [1.165, 1.54) is 18.2 Å². The Kier molecular flexibility index (Phi) is 4.91. The summed E-state index contributed by atoms with van der Waals surface area (Å²) in [6, 6.07) is 21.3. The molecule has 4 rings (SSSR count). The molecule has 0 spiro atoms. The summed E-state index contributed by atoms with van der Waals surface area (Å²) in [5.41, 5.74) is 4.12. The molecular formula is C23H19FN4O. The second-order valence-electron chi connectivity index (χ2n) is 6.79. The van der Waals surface area contributed by atoms with Crippen molar-refractivity contribution in [3.8, 4) is 17.1 Å². The Morgan fingerprint density at radius 1 is 0.966 bits per heavy atom. The molecule has 0 saturated carbocycles. The number of nitrogens with zero attached hydrogens (tertiary/aromatic N) is 3. The van der Waals surface area contributed by atoms with E-state index >= 15 is 0 Å². The topological polar surface area (TPSA) is 59.8 Å². The van der Waals surface area contributed by atoms with Gasteiger partial charge < -0.3 is 5.32 Å². The number of hydrogen-bond acceptors (Lipinski definition) is 3. The number of rotatable bonds is 4. The molecule has 4 aromatic rings. The van der Waals surface area contributed by atoms with Crippen LogP contribution in [0.5, 0.6) is 0 Å². The predicted molar refractivity (Wildman–Crippen MR) is 111 cm³/mol. The van der Waals surface area contributed by atoms with Crippen molar-refractivity contribution >= 4 is 11.6 Å². The Morgan fingerprint density at radius 3 is 2.52 bits per heavy atom. The number of nitrogens with one attached hydrogen (secondary N) is 1. The van der Waals surface area contributed by atoms with Crippen molar-refractivity contribution in [2.24, 2.45) is 0 Å². The smallest absolute Gasteiger partial charge is 0.295 e. The number of hydrogen-bond donors (Lipinski definition) is 1. The standard InChI is InChI=1S/C23H19FN4O/c1-15-11-12-16(2)20(13-15)28-22(17-7-4-3-5-8-17)26-21(27-28)23(29)25-19-10-6-9-18(24)14-19/h3-14H,1-2H3,(H,25,29). The highest BCUT2D eigenvalue weighted by Crippen LogP contribution is 2.24. The first-order valence-electron chi connectivity index (χ1n) is 9.18. The van der Waals surface area contributed by atoms with Gasteiger partial charge in [0.15, 0.2) is 5.82 Å². The fourth-order valence-electron chi connectivity index (χ4n) is 3.05. The molecule has 1 amide bonds. The van der Waals surface area contributed by atoms with E-state index in [-0.39, 0.29) is 5.82 Å². The molecular weight excluding hydrogens is 367 g/mol. The molecule has 144 valence electrons. The summed E-state index contributed by atoms with van der Waals surface area (Å²) in [6.07, 6.45) is 0. The van der Waals surface area contributed by atoms with Crippen LogP contribution in [-0.2, 0) is 0 Å². The second kappa shape index (κ2) is 7.67. The minimum Gasteiger partial charge on any atom is -0.319 e. The first kappa shape index (κ1) is 18.6. The molecule has 0 saturated heterocycles. The maximum atomic E-state index is 13.4. The van der Waals surface area contributed by atoms with Crippen LogP contribution in [0.15, 0.2) is 72.8 Å². The number of aryl methyl sites for hydroxylation is 2. The Morgan fingerprint density at radius 2 is 1.76 bits per heavy atom. The third kappa shape index (κ3) is 3.91. The van der Waals surface area contributed by atoms with E-state index in [4.69, 9.17) is 0 Å². The Bertz CT molecular complexity index is 1180. The molecule has 0 fully saturated rings. The van der Waals surface area contributed by atoms with Crippen LogP contribution in [0.4, 0.5) is 10.1 Å². The van der Waals surface area contributed by atoms with Crippen molar-refractivity contribution < 1.29 is 9.18 Å². The van der Waals surface area contributed by atoms with Gasteiger partial charge in [-0.3, -0.25) is 4.79 Å². The van der Waals surface area contributed by atoms with Crippen molar-refractivity contribution in [3.05, 3.63) is 95.6 Å². The van der Waals surface area contributed by atoms with E-state index in [0.717, 1.165) is 22.4 Å². The molecule has 0 bridgehead atoms. The zero-order chi connectivity index (χ0) is 20.4. The highest BCUT2D eigenvalue weighted by molar-refractivity contribution is 6.01. The van der Waals surface area contributed by atoms with Gasteiger partial charge in [-0.05, 0) is 49.2 Å². The average molecular weight is 386 g/mol. The number of carbonyl (C=O) groups is 1. The predicted octanol–water partition coefficient (Wildman–Crippen LogP) is 4.94. The highest BCUT2D eigenvalue weighted by atomic mass is 19.1. The monoisotopic (exact) mass is 386 g/mol. The van der Waals surface area contributed by atoms with E-state index in [9.17, 15) is 9.18 Å². The van der Waals surface area contributed by atoms with Crippen LogP contribution < -0.4 is 5.32 Å². The van der Waals surface area contributed by atoms with Gasteiger partial charge >= 0.3 is 0 Å². The van der Waals surface area contributed by atoms with Gasteiger partial charge in [0.2, 0.25) is 5.82 Å². The van der Waals surface area contributed by atoms with Gasteiger partial charge in [-0.25, -0.2) is 14.1 Å². The fourth-order valence-corrected chi connectivity index (χ4v) is 3.05. The van der Waals surface area contributed by atoms with Gasteiger partial charge in [-0.15, -0.1) is 5.10 Å². The van der Waals surface area contributed by atoms with Crippen LogP contribution in [0.2, 0.25) is 0 Å². The fraction of sp³-hybridized carbons (Fsp3) is 0.0870. The van der Waals surface area contributed by atoms with Crippen LogP contribution in [0, 0.1) is 19.7 Å². The summed E-state index contributed by atoms with van der Waals surface area (Å²) >= 11 is 0. The Balaban J connectivity index is 1.79. The minimum absolute atomic E-state index is 0.00835. The lowest BCUT2D eigenvalue weighted by Crippen LogP contribution is -2.14. The largest absolute Gasteiger partial charge is 0.319 e. The van der Waals surface area contributed by atoms with Crippen molar-refractivity contribution in [2.45, 2.75) is 13.8 Å². The first-order chi connectivity index (χ1) is 14.0. The first-order valence-corrected chi connectivity index (χ1v) is 9.18. The van der Waals surface area contributed by atoms with E-state index in [1.807, 2.05) is 62.4 Å². The minimum atomic E-state index is -0.503. The van der Waals surface area contributed by atoms with Gasteiger partial charge in [0.05, 0.1) is 5.69 Å². The molecule has 0 atom stereocenters. The van der Waals surface area contributed by atoms with Gasteiger partial charge in [0.1, 0.15) is 5.82 Å². The Hall–Kier alpha value is -3.80. The third-order valence-corrected chi connectivity index (χ3v) is 4.52. The number of aromatic nitrogens is 3. The Labute approximate surface area is 167 Å². The number of carbonyl (C=O) groups excluding carboxylic acids is 1. The number of anilines is 1. The molecule has 0 aliphatic heterocycles. The lowest BCUT2D eigenvalue weighted by Gasteiger charge is -2.10. The SMILES string of the molecule is Cc1ccc(C)c(-n2nc(C(=O)Nc3cccc(F)c3)nc2-c2ccccc2)c1. The lowest BCUT2D eigenvalue weighted by atomic mass is 10.1. The number of amides is 1. The molecule has 0 aliphatic carbocycles. The third-order valence-electron chi connectivity index (χ3n) is 4.52. The molecule has 1 aromatic heterocycles. The maximum Gasteiger partial charge on any atom is 0.295 e. The van der Waals surface area contributed by atoms with E-state index in [0.29, 0.717) is 11.5 Å². The zero-order valence-corrected chi connectivity index (χ0v) is 16.1. The van der Waals surface area contributed by atoms with Gasteiger partial charge in [0, 0.05) is 11.3 Å². The van der Waals surface area contributed by atoms with Crippen LogP contribution >= 0.6 is 0 Å². The number of halogens is 1. The normalized spacial score (nSPS) is 10.7. The van der Waals surface area contributed by atoms with Crippen LogP contribution in [-0.4, -0.2) is 20.7 Å². The van der Waals surface area contributed by atoms with Crippen molar-refractivity contribution in [1.29, 1.82) is 0 Å². The van der Waals surface area contributed by atoms with Crippen molar-refractivity contribution in [3.63, 3.8) is 0 Å². The van der Waals surface area contributed by atoms with Crippen LogP contribution in [0.1, 0.15) is 21.7 Å². The van der Waals surface area contributed by atoms with E-state index in [2.05, 4.69) is 15.4 Å². The van der Waals surface area contributed by atoms with Gasteiger partial charge in [-0.2, -0.15) is 0 Å². The van der Waals surface area contributed by atoms with Crippen LogP contribution in [0.3, 0.4) is 0 Å². The van der Waals surface area contributed by atoms with E-state index < -0.39 is 11.7 Å². The summed E-state index contributed by atoms with van der Waals surface area (Å²) < 4.78 is 15.1. The number of benzene rings is 3. The maximum absolute atomic E-state index is 13.4. The zero-order valence-electron chi connectivity index (χ0n) is 16.1. The summed E-state index contributed by atoms with van der Waals surface area (Å²) in [5, 5.41) is 7.13. The molecule has 29 heavy (non-hydrogen) atoms. The summed E-state index contributed by atoms with van der Waals surface area (Å²) in [6.45, 7) is 3.98. The van der Waals surface area contributed by atoms with Crippen molar-refractivity contribution in [2.75, 3.05) is 5.32 Å². The molecule has 6 heteroatoms. The molecule has 0 radical (unpaired) electrons. The highest BCUT2D eigenvalue weighted by Gasteiger charge is 2.20. The summed E-state index contributed by atoms with van der Waals surface area (Å²) in [5.74, 6) is -0.365. The van der Waals surface area contributed by atoms with Crippen molar-refractivity contribution in [1.82, 2.24) is 14.8 Å². The molecule has 1 N–H and O–H groups in total. The molecule has 1 heterocycles. The molecule has 3 aromatic carbocycles. The molecule has 0 aliphatic rings. The summed E-state index contributed by atoms with van der Waals surface area (Å²) in [7, 11) is 0. The molecule has 5 nitrogen and oxygen atoms in total. The van der Waals surface area contributed by atoms with Gasteiger partial charge in [0.25, 0.3) is 5.91 Å². The lowest BCUT2D eigenvalue weighted by molar-refractivity contribution is 0.101. The average Bonchev–Trinajstić information content (AvgIpc) is 3.16. The molecule has 0 unspecified atom stereocenters. The van der Waals surface area contributed by atoms with E-state index in [1.54, 1.807) is 10.7 Å². The quantitative estimate of drug-likeness (QED) is 0.540. The summed E-state index contributed by atoms with van der Waals surface area (Å²) in [4.78, 5) is 17.2.